The monoisotopic (exact) mass is 300 g/mol. The second-order valence-corrected chi connectivity index (χ2v) is 6.11. The highest BCUT2D eigenvalue weighted by Gasteiger charge is 2.41. The molecule has 21 heavy (non-hydrogen) atoms. The third-order valence-electron chi connectivity index (χ3n) is 3.86. The lowest BCUT2D eigenvalue weighted by atomic mass is 10.0. The predicted octanol–water partition coefficient (Wildman–Crippen LogP) is 3.10. The fourth-order valence-corrected chi connectivity index (χ4v) is 3.40. The van der Waals surface area contributed by atoms with Gasteiger partial charge in [0, 0.05) is 23.6 Å². The van der Waals surface area contributed by atoms with Crippen LogP contribution in [0.25, 0.3) is 0 Å². The van der Waals surface area contributed by atoms with Gasteiger partial charge in [-0.3, -0.25) is 4.98 Å². The minimum absolute atomic E-state index is 0.0687. The van der Waals surface area contributed by atoms with Gasteiger partial charge in [-0.1, -0.05) is 6.07 Å². The molecule has 0 spiro atoms. The Morgan fingerprint density at radius 3 is 2.62 bits per heavy atom. The van der Waals surface area contributed by atoms with Gasteiger partial charge in [0.25, 0.3) is 0 Å². The summed E-state index contributed by atoms with van der Waals surface area (Å²) in [4.78, 5) is 10.2. The van der Waals surface area contributed by atoms with Gasteiger partial charge in [-0.25, -0.2) is 0 Å². The molecule has 2 aromatic rings. The molecule has 0 bridgehead atoms. The van der Waals surface area contributed by atoms with Crippen molar-refractivity contribution in [2.45, 2.75) is 38.9 Å². The molecule has 1 aliphatic heterocycles. The number of hydrogen-bond acceptors (Lipinski definition) is 2. The SMILES string of the molecule is Cc1ccc([C@H]2[C@@H](c3ccccn3)NC(=S)N2C(C)C)[nH]1. The van der Waals surface area contributed by atoms with Crippen LogP contribution in [0.5, 0.6) is 0 Å². The molecular formula is C16H20N4S. The third kappa shape index (κ3) is 2.53. The van der Waals surface area contributed by atoms with E-state index in [1.165, 1.54) is 5.69 Å². The highest BCUT2D eigenvalue weighted by molar-refractivity contribution is 7.80. The molecule has 0 radical (unpaired) electrons. The van der Waals surface area contributed by atoms with E-state index >= 15 is 0 Å². The van der Waals surface area contributed by atoms with Crippen LogP contribution in [0.3, 0.4) is 0 Å². The Morgan fingerprint density at radius 2 is 2.05 bits per heavy atom. The fourth-order valence-electron chi connectivity index (χ4n) is 2.95. The predicted molar refractivity (Wildman–Crippen MR) is 88.0 cm³/mol. The lowest BCUT2D eigenvalue weighted by Crippen LogP contribution is -2.35. The standard InChI is InChI=1S/C16H20N4S/c1-10(2)20-15(13-8-7-11(3)18-13)14(19-16(20)21)12-6-4-5-9-17-12/h4-10,14-15,18H,1-3H3,(H,19,21)/t14-,15+/m1/s1. The molecule has 2 N–H and O–H groups in total. The number of H-pyrrole nitrogens is 1. The van der Waals surface area contributed by atoms with Gasteiger partial charge in [-0.15, -0.1) is 0 Å². The number of thiocarbonyl (C=S) groups is 1. The first-order valence-electron chi connectivity index (χ1n) is 7.23. The molecule has 3 rings (SSSR count). The van der Waals surface area contributed by atoms with E-state index in [1.54, 1.807) is 0 Å². The first kappa shape index (κ1) is 14.1. The summed E-state index contributed by atoms with van der Waals surface area (Å²) < 4.78 is 0. The number of nitrogens with zero attached hydrogens (tertiary/aromatic N) is 2. The normalized spacial score (nSPS) is 21.9. The van der Waals surface area contributed by atoms with Gasteiger partial charge in [-0.2, -0.15) is 0 Å². The summed E-state index contributed by atoms with van der Waals surface area (Å²) in [5.74, 6) is 0. The lowest BCUT2D eigenvalue weighted by Gasteiger charge is -2.30. The fraction of sp³-hybridized carbons (Fsp3) is 0.375. The zero-order valence-corrected chi connectivity index (χ0v) is 13.3. The van der Waals surface area contributed by atoms with Crippen molar-refractivity contribution in [2.24, 2.45) is 0 Å². The number of rotatable bonds is 3. The van der Waals surface area contributed by atoms with E-state index in [0.29, 0.717) is 6.04 Å². The minimum atomic E-state index is 0.0687. The van der Waals surface area contributed by atoms with Crippen LogP contribution in [0.2, 0.25) is 0 Å². The summed E-state index contributed by atoms with van der Waals surface area (Å²) in [6, 6.07) is 10.8. The Bertz CT molecular complexity index is 635. The third-order valence-corrected chi connectivity index (χ3v) is 4.19. The van der Waals surface area contributed by atoms with E-state index in [2.05, 4.69) is 53.1 Å². The first-order chi connectivity index (χ1) is 10.1. The molecular weight excluding hydrogens is 280 g/mol. The second-order valence-electron chi connectivity index (χ2n) is 5.72. The van der Waals surface area contributed by atoms with Gasteiger partial charge >= 0.3 is 0 Å². The molecule has 1 aliphatic rings. The average Bonchev–Trinajstić information content (AvgIpc) is 3.03. The molecule has 2 atom stereocenters. The van der Waals surface area contributed by atoms with E-state index in [1.807, 2.05) is 24.4 Å². The second kappa shape index (κ2) is 5.48. The van der Waals surface area contributed by atoms with Gasteiger partial charge in [0.05, 0.1) is 17.8 Å². The maximum Gasteiger partial charge on any atom is 0.170 e. The zero-order chi connectivity index (χ0) is 15.0. The smallest absolute Gasteiger partial charge is 0.170 e. The van der Waals surface area contributed by atoms with Crippen molar-refractivity contribution in [3.63, 3.8) is 0 Å². The Hall–Kier alpha value is -1.88. The summed E-state index contributed by atoms with van der Waals surface area (Å²) in [6.45, 7) is 6.40. The molecule has 2 aromatic heterocycles. The molecule has 0 unspecified atom stereocenters. The van der Waals surface area contributed by atoms with Crippen LogP contribution in [0.15, 0.2) is 36.5 Å². The van der Waals surface area contributed by atoms with Crippen LogP contribution in [0.4, 0.5) is 0 Å². The van der Waals surface area contributed by atoms with Crippen LogP contribution >= 0.6 is 12.2 Å². The maximum atomic E-state index is 5.55. The van der Waals surface area contributed by atoms with Crippen LogP contribution < -0.4 is 5.32 Å². The molecule has 1 fully saturated rings. The van der Waals surface area contributed by atoms with Crippen molar-refractivity contribution in [1.29, 1.82) is 0 Å². The molecule has 3 heterocycles. The molecule has 110 valence electrons. The average molecular weight is 300 g/mol. The lowest BCUT2D eigenvalue weighted by molar-refractivity contribution is 0.265. The van der Waals surface area contributed by atoms with E-state index in [4.69, 9.17) is 12.2 Å². The van der Waals surface area contributed by atoms with Crippen molar-refractivity contribution in [3.8, 4) is 0 Å². The molecule has 4 nitrogen and oxygen atoms in total. The van der Waals surface area contributed by atoms with Crippen molar-refractivity contribution < 1.29 is 0 Å². The summed E-state index contributed by atoms with van der Waals surface area (Å²) in [7, 11) is 0. The van der Waals surface area contributed by atoms with Crippen molar-refractivity contribution in [3.05, 3.63) is 53.6 Å². The number of nitrogens with one attached hydrogen (secondary N) is 2. The number of hydrogen-bond donors (Lipinski definition) is 2. The topological polar surface area (TPSA) is 44.0 Å². The number of aromatic amines is 1. The maximum absolute atomic E-state index is 5.55. The van der Waals surface area contributed by atoms with Gasteiger partial charge < -0.3 is 15.2 Å². The highest BCUT2D eigenvalue weighted by Crippen LogP contribution is 2.39. The van der Waals surface area contributed by atoms with Crippen molar-refractivity contribution in [2.75, 3.05) is 0 Å². The Labute approximate surface area is 130 Å². The largest absolute Gasteiger partial charge is 0.361 e. The van der Waals surface area contributed by atoms with Crippen molar-refractivity contribution in [1.82, 2.24) is 20.2 Å². The summed E-state index contributed by atoms with van der Waals surface area (Å²) in [5.41, 5.74) is 3.34. The quantitative estimate of drug-likeness (QED) is 0.855. The zero-order valence-electron chi connectivity index (χ0n) is 12.5. The van der Waals surface area contributed by atoms with Crippen molar-refractivity contribution >= 4 is 17.3 Å². The van der Waals surface area contributed by atoms with E-state index < -0.39 is 0 Å². The summed E-state index contributed by atoms with van der Waals surface area (Å²) in [5, 5.41) is 4.22. The van der Waals surface area contributed by atoms with E-state index in [9.17, 15) is 0 Å². The molecule has 0 saturated carbocycles. The summed E-state index contributed by atoms with van der Waals surface area (Å²) >= 11 is 5.55. The van der Waals surface area contributed by atoms with Gasteiger partial charge in [0.15, 0.2) is 5.11 Å². The Kier molecular flexibility index (Phi) is 3.68. The Morgan fingerprint density at radius 1 is 1.24 bits per heavy atom. The van der Waals surface area contributed by atoms with Gasteiger partial charge in [0.2, 0.25) is 0 Å². The van der Waals surface area contributed by atoms with E-state index in [-0.39, 0.29) is 12.1 Å². The van der Waals surface area contributed by atoms with Gasteiger partial charge in [0.1, 0.15) is 0 Å². The molecule has 1 saturated heterocycles. The highest BCUT2D eigenvalue weighted by atomic mass is 32.1. The van der Waals surface area contributed by atoms with Crippen LogP contribution in [-0.4, -0.2) is 26.0 Å². The molecule has 0 aromatic carbocycles. The minimum Gasteiger partial charge on any atom is -0.361 e. The summed E-state index contributed by atoms with van der Waals surface area (Å²) in [6.07, 6.45) is 1.83. The van der Waals surface area contributed by atoms with Crippen LogP contribution in [0.1, 0.15) is 43.0 Å². The van der Waals surface area contributed by atoms with E-state index in [0.717, 1.165) is 16.5 Å². The number of aryl methyl sites for hydroxylation is 1. The van der Waals surface area contributed by atoms with Crippen LogP contribution in [0, 0.1) is 6.92 Å². The van der Waals surface area contributed by atoms with Crippen LogP contribution in [-0.2, 0) is 0 Å². The molecule has 0 amide bonds. The van der Waals surface area contributed by atoms with Gasteiger partial charge in [-0.05, 0) is 57.3 Å². The number of pyridine rings is 1. The molecule has 5 heteroatoms. The first-order valence-corrected chi connectivity index (χ1v) is 7.64. The molecule has 0 aliphatic carbocycles. The Balaban J connectivity index is 2.05. The number of aromatic nitrogens is 2.